The third kappa shape index (κ3) is 5.84. The Labute approximate surface area is 223 Å². The molecule has 0 saturated carbocycles. The van der Waals surface area contributed by atoms with Crippen molar-refractivity contribution in [1.82, 2.24) is 14.2 Å². The Hall–Kier alpha value is -2.24. The van der Waals surface area contributed by atoms with Crippen molar-refractivity contribution in [3.05, 3.63) is 47.5 Å². The van der Waals surface area contributed by atoms with Crippen LogP contribution in [0.5, 0.6) is 5.75 Å². The van der Waals surface area contributed by atoms with E-state index in [9.17, 15) is 13.2 Å². The maximum absolute atomic E-state index is 13.6. The number of hydrogen-bond donors (Lipinski definition) is 0. The summed E-state index contributed by atoms with van der Waals surface area (Å²) in [4.78, 5) is 22.3. The SMILES string of the molecule is COc1ccc(C)c2sc(N(CCN(C)C)C(=O)c3ccc(S(=O)(=O)N4CCCCC4)cc3)nc12.Cl. The fourth-order valence-electron chi connectivity index (χ4n) is 4.14. The normalized spacial score (nSPS) is 14.6. The van der Waals surface area contributed by atoms with Crippen LogP contribution >= 0.6 is 23.7 Å². The lowest BCUT2D eigenvalue weighted by atomic mass is 10.2. The first kappa shape index (κ1) is 28.3. The molecule has 1 amide bonds. The van der Waals surface area contributed by atoms with Crippen molar-refractivity contribution < 1.29 is 17.9 Å². The Kier molecular flexibility index (Phi) is 9.34. The molecular weight excluding hydrogens is 520 g/mol. The third-order valence-electron chi connectivity index (χ3n) is 6.21. The van der Waals surface area contributed by atoms with Crippen molar-refractivity contribution in [2.45, 2.75) is 31.1 Å². The molecule has 3 aromatic rings. The molecule has 0 atom stereocenters. The molecule has 1 fully saturated rings. The number of carbonyl (C=O) groups is 1. The zero-order valence-electron chi connectivity index (χ0n) is 21.1. The first-order chi connectivity index (χ1) is 16.7. The van der Waals surface area contributed by atoms with E-state index in [2.05, 4.69) is 0 Å². The Morgan fingerprint density at radius 2 is 1.72 bits per heavy atom. The van der Waals surface area contributed by atoms with Crippen LogP contribution in [0.2, 0.25) is 0 Å². The molecule has 1 saturated heterocycles. The summed E-state index contributed by atoms with van der Waals surface area (Å²) in [5, 5.41) is 0.587. The van der Waals surface area contributed by atoms with Gasteiger partial charge in [0.25, 0.3) is 5.91 Å². The number of amides is 1. The summed E-state index contributed by atoms with van der Waals surface area (Å²) in [6.07, 6.45) is 2.81. The smallest absolute Gasteiger partial charge is 0.260 e. The number of halogens is 1. The molecule has 0 N–H and O–H groups in total. The number of likely N-dealkylation sites (N-methyl/N-ethyl adjacent to an activating group) is 1. The fraction of sp³-hybridized carbons (Fsp3) is 0.440. The van der Waals surface area contributed by atoms with Crippen molar-refractivity contribution >= 4 is 55.0 Å². The van der Waals surface area contributed by atoms with Crippen LogP contribution in [0.1, 0.15) is 35.2 Å². The molecule has 196 valence electrons. The highest BCUT2D eigenvalue weighted by atomic mass is 35.5. The fourth-order valence-corrected chi connectivity index (χ4v) is 6.74. The molecule has 0 radical (unpaired) electrons. The van der Waals surface area contributed by atoms with Crippen molar-refractivity contribution in [3.8, 4) is 5.75 Å². The van der Waals surface area contributed by atoms with E-state index < -0.39 is 10.0 Å². The highest BCUT2D eigenvalue weighted by Crippen LogP contribution is 2.37. The number of thiazole rings is 1. The van der Waals surface area contributed by atoms with Gasteiger partial charge in [-0.2, -0.15) is 4.31 Å². The van der Waals surface area contributed by atoms with Crippen LogP contribution in [-0.4, -0.2) is 75.9 Å². The van der Waals surface area contributed by atoms with Gasteiger partial charge in [-0.25, -0.2) is 13.4 Å². The molecule has 0 bridgehead atoms. The van der Waals surface area contributed by atoms with E-state index in [0.29, 0.717) is 42.6 Å². The minimum atomic E-state index is -3.55. The minimum absolute atomic E-state index is 0. The van der Waals surface area contributed by atoms with Crippen LogP contribution in [0.25, 0.3) is 10.2 Å². The molecule has 36 heavy (non-hydrogen) atoms. The van der Waals surface area contributed by atoms with Gasteiger partial charge < -0.3 is 9.64 Å². The Balaban J connectivity index is 0.00000361. The standard InChI is InChI=1S/C25H32N4O4S2.ClH/c1-18-8-13-21(33-4)22-23(18)34-25(26-22)29(17-16-27(2)3)24(30)19-9-11-20(12-10-19)35(31,32)28-14-6-5-7-15-28;/h8-13H,5-7,14-17H2,1-4H3;1H. The number of nitrogens with zero attached hydrogens (tertiary/aromatic N) is 4. The van der Waals surface area contributed by atoms with Gasteiger partial charge in [0, 0.05) is 31.7 Å². The van der Waals surface area contributed by atoms with E-state index in [0.717, 1.165) is 35.0 Å². The van der Waals surface area contributed by atoms with Crippen LogP contribution in [0.3, 0.4) is 0 Å². The maximum atomic E-state index is 13.6. The zero-order chi connectivity index (χ0) is 25.2. The number of sulfonamides is 1. The molecule has 0 aliphatic carbocycles. The average Bonchev–Trinajstić information content (AvgIpc) is 3.31. The van der Waals surface area contributed by atoms with Gasteiger partial charge in [0.05, 0.1) is 16.7 Å². The van der Waals surface area contributed by atoms with Gasteiger partial charge in [-0.05, 0) is 69.8 Å². The van der Waals surface area contributed by atoms with Gasteiger partial charge in [0.15, 0.2) is 5.13 Å². The van der Waals surface area contributed by atoms with Crippen LogP contribution < -0.4 is 9.64 Å². The topological polar surface area (TPSA) is 83.0 Å². The van der Waals surface area contributed by atoms with Crippen molar-refractivity contribution in [3.63, 3.8) is 0 Å². The monoisotopic (exact) mass is 552 g/mol. The third-order valence-corrected chi connectivity index (χ3v) is 9.34. The first-order valence-electron chi connectivity index (χ1n) is 11.7. The van der Waals surface area contributed by atoms with E-state index in [1.54, 1.807) is 24.1 Å². The molecule has 1 aliphatic heterocycles. The Morgan fingerprint density at radius 3 is 2.33 bits per heavy atom. The second kappa shape index (κ2) is 11.9. The summed E-state index contributed by atoms with van der Waals surface area (Å²) < 4.78 is 34.0. The number of hydrogen-bond acceptors (Lipinski definition) is 7. The van der Waals surface area contributed by atoms with Crippen molar-refractivity contribution in [2.75, 3.05) is 52.3 Å². The molecule has 0 spiro atoms. The number of aryl methyl sites for hydroxylation is 1. The van der Waals surface area contributed by atoms with Gasteiger partial charge in [0.1, 0.15) is 11.3 Å². The Bertz CT molecular complexity index is 1300. The van der Waals surface area contributed by atoms with E-state index in [4.69, 9.17) is 9.72 Å². The number of rotatable bonds is 8. The van der Waals surface area contributed by atoms with E-state index in [1.807, 2.05) is 38.1 Å². The summed E-state index contributed by atoms with van der Waals surface area (Å²) in [5.74, 6) is 0.449. The molecule has 1 aliphatic rings. The van der Waals surface area contributed by atoms with Crippen molar-refractivity contribution in [2.24, 2.45) is 0 Å². The van der Waals surface area contributed by atoms with Gasteiger partial charge in [-0.3, -0.25) is 9.69 Å². The average molecular weight is 553 g/mol. The second-order valence-electron chi connectivity index (χ2n) is 9.01. The summed E-state index contributed by atoms with van der Waals surface area (Å²) in [6.45, 7) is 4.20. The van der Waals surface area contributed by atoms with Crippen LogP contribution in [0.15, 0.2) is 41.3 Å². The van der Waals surface area contributed by atoms with Gasteiger partial charge in [-0.1, -0.05) is 23.8 Å². The largest absolute Gasteiger partial charge is 0.494 e. The van der Waals surface area contributed by atoms with E-state index in [-0.39, 0.29) is 23.2 Å². The lowest BCUT2D eigenvalue weighted by Crippen LogP contribution is -2.37. The second-order valence-corrected chi connectivity index (χ2v) is 11.9. The molecule has 0 unspecified atom stereocenters. The molecular formula is C25H33ClN4O4S2. The summed E-state index contributed by atoms with van der Waals surface area (Å²) in [5.41, 5.74) is 2.22. The van der Waals surface area contributed by atoms with Gasteiger partial charge >= 0.3 is 0 Å². The molecule has 11 heteroatoms. The number of ether oxygens (including phenoxy) is 1. The van der Waals surface area contributed by atoms with E-state index in [1.165, 1.54) is 27.8 Å². The predicted molar refractivity (Wildman–Crippen MR) is 147 cm³/mol. The zero-order valence-corrected chi connectivity index (χ0v) is 23.5. The lowest BCUT2D eigenvalue weighted by Gasteiger charge is -2.26. The van der Waals surface area contributed by atoms with Gasteiger partial charge in [-0.15, -0.1) is 12.4 Å². The summed E-state index contributed by atoms with van der Waals surface area (Å²) >= 11 is 1.46. The van der Waals surface area contributed by atoms with Gasteiger partial charge in [0.2, 0.25) is 10.0 Å². The number of carbonyl (C=O) groups excluding carboxylic acids is 1. The Morgan fingerprint density at radius 1 is 1.06 bits per heavy atom. The van der Waals surface area contributed by atoms with Crippen LogP contribution in [0, 0.1) is 6.92 Å². The number of aromatic nitrogens is 1. The molecule has 2 heterocycles. The van der Waals surface area contributed by atoms with Crippen LogP contribution in [0.4, 0.5) is 5.13 Å². The quantitative estimate of drug-likeness (QED) is 0.411. The predicted octanol–water partition coefficient (Wildman–Crippen LogP) is 4.42. The summed E-state index contributed by atoms with van der Waals surface area (Å²) in [7, 11) is 1.96. The number of piperidine rings is 1. The van der Waals surface area contributed by atoms with E-state index >= 15 is 0 Å². The summed E-state index contributed by atoms with van der Waals surface area (Å²) in [6, 6.07) is 10.1. The number of methoxy groups -OCH3 is 1. The molecule has 2 aromatic carbocycles. The highest BCUT2D eigenvalue weighted by Gasteiger charge is 2.27. The number of anilines is 1. The lowest BCUT2D eigenvalue weighted by molar-refractivity contribution is 0.0985. The molecule has 1 aromatic heterocycles. The highest BCUT2D eigenvalue weighted by molar-refractivity contribution is 7.89. The van der Waals surface area contributed by atoms with Crippen LogP contribution in [-0.2, 0) is 10.0 Å². The first-order valence-corrected chi connectivity index (χ1v) is 14.0. The molecule has 8 nitrogen and oxygen atoms in total. The molecule has 4 rings (SSSR count). The number of benzene rings is 2. The maximum Gasteiger partial charge on any atom is 0.260 e. The number of fused-ring (bicyclic) bond motifs is 1. The minimum Gasteiger partial charge on any atom is -0.494 e. The van der Waals surface area contributed by atoms with Crippen molar-refractivity contribution in [1.29, 1.82) is 0 Å².